The van der Waals surface area contributed by atoms with E-state index in [1.165, 1.54) is 5.56 Å². The average Bonchev–Trinajstić information content (AvgIpc) is 2.56. The Morgan fingerprint density at radius 1 is 1.10 bits per heavy atom. The molecule has 0 bridgehead atoms. The molecule has 2 rings (SSSR count). The van der Waals surface area contributed by atoms with Gasteiger partial charge in [0.2, 0.25) is 0 Å². The smallest absolute Gasteiger partial charge is 0.255 e. The van der Waals surface area contributed by atoms with E-state index in [-0.39, 0.29) is 5.91 Å². The van der Waals surface area contributed by atoms with E-state index in [0.29, 0.717) is 23.8 Å². The first-order valence-electron chi connectivity index (χ1n) is 7.22. The van der Waals surface area contributed by atoms with Crippen LogP contribution in [0.2, 0.25) is 0 Å². The molecule has 0 aliphatic heterocycles. The molecule has 110 valence electrons. The molecule has 0 aliphatic carbocycles. The average molecular weight is 283 g/mol. The Morgan fingerprint density at radius 3 is 2.43 bits per heavy atom. The molecule has 0 saturated carbocycles. The molecule has 1 atom stereocenters. The van der Waals surface area contributed by atoms with Gasteiger partial charge in [-0.05, 0) is 24.1 Å². The summed E-state index contributed by atoms with van der Waals surface area (Å²) in [6.45, 7) is 2.75. The lowest BCUT2D eigenvalue weighted by atomic mass is 9.96. The minimum Gasteiger partial charge on any atom is -0.496 e. The second kappa shape index (κ2) is 7.48. The fourth-order valence-electron chi connectivity index (χ4n) is 2.37. The lowest BCUT2D eigenvalue weighted by Gasteiger charge is -2.16. The van der Waals surface area contributed by atoms with E-state index in [9.17, 15) is 4.79 Å². The summed E-state index contributed by atoms with van der Waals surface area (Å²) in [5.41, 5.74) is 1.82. The molecule has 0 radical (unpaired) electrons. The van der Waals surface area contributed by atoms with E-state index < -0.39 is 0 Å². The van der Waals surface area contributed by atoms with Gasteiger partial charge in [-0.15, -0.1) is 0 Å². The maximum atomic E-state index is 12.3. The number of benzene rings is 2. The van der Waals surface area contributed by atoms with E-state index in [1.54, 1.807) is 19.2 Å². The third-order valence-electron chi connectivity index (χ3n) is 3.62. The molecule has 3 nitrogen and oxygen atoms in total. The third-order valence-corrected chi connectivity index (χ3v) is 3.62. The van der Waals surface area contributed by atoms with Gasteiger partial charge in [0.1, 0.15) is 5.75 Å². The van der Waals surface area contributed by atoms with Crippen LogP contribution in [0.25, 0.3) is 0 Å². The number of hydrogen-bond donors (Lipinski definition) is 1. The third kappa shape index (κ3) is 3.85. The normalized spacial score (nSPS) is 11.7. The van der Waals surface area contributed by atoms with Gasteiger partial charge in [-0.1, -0.05) is 49.4 Å². The highest BCUT2D eigenvalue weighted by Crippen LogP contribution is 2.20. The molecular weight excluding hydrogens is 262 g/mol. The Kier molecular flexibility index (Phi) is 5.38. The predicted molar refractivity (Wildman–Crippen MR) is 84.8 cm³/mol. The molecule has 21 heavy (non-hydrogen) atoms. The molecule has 2 aromatic carbocycles. The van der Waals surface area contributed by atoms with Crippen molar-refractivity contribution in [1.82, 2.24) is 5.32 Å². The number of amides is 1. The van der Waals surface area contributed by atoms with Crippen molar-refractivity contribution in [3.63, 3.8) is 0 Å². The van der Waals surface area contributed by atoms with Crippen LogP contribution in [0.3, 0.4) is 0 Å². The van der Waals surface area contributed by atoms with Gasteiger partial charge in [0.05, 0.1) is 12.7 Å². The topological polar surface area (TPSA) is 38.3 Å². The Bertz CT molecular complexity index is 581. The van der Waals surface area contributed by atoms with Crippen LogP contribution in [0.1, 0.15) is 35.2 Å². The summed E-state index contributed by atoms with van der Waals surface area (Å²) in [4.78, 5) is 12.3. The Hall–Kier alpha value is -2.29. The van der Waals surface area contributed by atoms with Crippen molar-refractivity contribution < 1.29 is 9.53 Å². The largest absolute Gasteiger partial charge is 0.496 e. The first kappa shape index (κ1) is 15.1. The molecule has 0 aliphatic rings. The number of methoxy groups -OCH3 is 1. The van der Waals surface area contributed by atoms with Crippen LogP contribution in [0.4, 0.5) is 0 Å². The van der Waals surface area contributed by atoms with Gasteiger partial charge in [0.25, 0.3) is 5.91 Å². The summed E-state index contributed by atoms with van der Waals surface area (Å²) in [7, 11) is 1.57. The van der Waals surface area contributed by atoms with Crippen LogP contribution in [0, 0.1) is 0 Å². The maximum Gasteiger partial charge on any atom is 0.255 e. The molecule has 3 heteroatoms. The summed E-state index contributed by atoms with van der Waals surface area (Å²) < 4.78 is 5.22. The zero-order chi connectivity index (χ0) is 15.1. The van der Waals surface area contributed by atoms with Gasteiger partial charge in [-0.3, -0.25) is 4.79 Å². The lowest BCUT2D eigenvalue weighted by molar-refractivity contribution is 0.0948. The summed E-state index contributed by atoms with van der Waals surface area (Å²) in [6.07, 6.45) is 0.982. The van der Waals surface area contributed by atoms with Gasteiger partial charge in [0.15, 0.2) is 0 Å². The molecule has 0 unspecified atom stereocenters. The SMILES string of the molecule is CC[C@H](CNC(=O)c1ccccc1OC)c1ccccc1. The zero-order valence-corrected chi connectivity index (χ0v) is 12.5. The monoisotopic (exact) mass is 283 g/mol. The number of ether oxygens (including phenoxy) is 1. The number of para-hydroxylation sites is 1. The van der Waals surface area contributed by atoms with Crippen LogP contribution in [-0.4, -0.2) is 19.6 Å². The van der Waals surface area contributed by atoms with Gasteiger partial charge in [-0.2, -0.15) is 0 Å². The van der Waals surface area contributed by atoms with Gasteiger partial charge < -0.3 is 10.1 Å². The van der Waals surface area contributed by atoms with Gasteiger partial charge in [-0.25, -0.2) is 0 Å². The lowest BCUT2D eigenvalue weighted by Crippen LogP contribution is -2.28. The van der Waals surface area contributed by atoms with Gasteiger partial charge in [0, 0.05) is 12.5 Å². The quantitative estimate of drug-likeness (QED) is 0.879. The molecule has 2 aromatic rings. The van der Waals surface area contributed by atoms with Crippen LogP contribution in [0.15, 0.2) is 54.6 Å². The highest BCUT2D eigenvalue weighted by molar-refractivity contribution is 5.96. The van der Waals surface area contributed by atoms with Crippen molar-refractivity contribution >= 4 is 5.91 Å². The van der Waals surface area contributed by atoms with Crippen molar-refractivity contribution in [1.29, 1.82) is 0 Å². The van der Waals surface area contributed by atoms with Crippen molar-refractivity contribution in [2.24, 2.45) is 0 Å². The Labute approximate surface area is 126 Å². The highest BCUT2D eigenvalue weighted by Gasteiger charge is 2.14. The summed E-state index contributed by atoms with van der Waals surface area (Å²) in [5, 5.41) is 3.00. The molecule has 0 saturated heterocycles. The number of carbonyl (C=O) groups is 1. The molecule has 0 aromatic heterocycles. The second-order valence-electron chi connectivity index (χ2n) is 4.93. The first-order valence-corrected chi connectivity index (χ1v) is 7.22. The second-order valence-corrected chi connectivity index (χ2v) is 4.93. The van der Waals surface area contributed by atoms with Crippen molar-refractivity contribution in [3.8, 4) is 5.75 Å². The molecular formula is C18H21NO2. The number of nitrogens with one attached hydrogen (secondary N) is 1. The van der Waals surface area contributed by atoms with E-state index in [4.69, 9.17) is 4.74 Å². The van der Waals surface area contributed by atoms with Crippen molar-refractivity contribution in [2.75, 3.05) is 13.7 Å². The Balaban J connectivity index is 2.03. The molecule has 0 fully saturated rings. The van der Waals surface area contributed by atoms with Crippen LogP contribution in [0.5, 0.6) is 5.75 Å². The summed E-state index contributed by atoms with van der Waals surface area (Å²) >= 11 is 0. The molecule has 0 spiro atoms. The minimum atomic E-state index is -0.0955. The van der Waals surface area contributed by atoms with E-state index in [1.807, 2.05) is 30.3 Å². The fourth-order valence-corrected chi connectivity index (χ4v) is 2.37. The molecule has 1 amide bonds. The number of rotatable bonds is 6. The maximum absolute atomic E-state index is 12.3. The van der Waals surface area contributed by atoms with Gasteiger partial charge >= 0.3 is 0 Å². The predicted octanol–water partition coefficient (Wildman–Crippen LogP) is 3.62. The standard InChI is InChI=1S/C18H21NO2/c1-3-14(15-9-5-4-6-10-15)13-19-18(20)16-11-7-8-12-17(16)21-2/h4-12,14H,3,13H2,1-2H3,(H,19,20)/t14-/m1/s1. The van der Waals surface area contributed by atoms with E-state index >= 15 is 0 Å². The Morgan fingerprint density at radius 2 is 1.76 bits per heavy atom. The molecule has 1 N–H and O–H groups in total. The van der Waals surface area contributed by atoms with Crippen molar-refractivity contribution in [2.45, 2.75) is 19.3 Å². The van der Waals surface area contributed by atoms with Crippen LogP contribution >= 0.6 is 0 Å². The minimum absolute atomic E-state index is 0.0955. The molecule has 0 heterocycles. The van der Waals surface area contributed by atoms with E-state index in [2.05, 4.69) is 24.4 Å². The number of carbonyl (C=O) groups excluding carboxylic acids is 1. The zero-order valence-electron chi connectivity index (χ0n) is 12.5. The summed E-state index contributed by atoms with van der Waals surface area (Å²) in [6, 6.07) is 17.5. The fraction of sp³-hybridized carbons (Fsp3) is 0.278. The van der Waals surface area contributed by atoms with E-state index in [0.717, 1.165) is 6.42 Å². The highest BCUT2D eigenvalue weighted by atomic mass is 16.5. The van der Waals surface area contributed by atoms with Crippen molar-refractivity contribution in [3.05, 3.63) is 65.7 Å². The van der Waals surface area contributed by atoms with Crippen LogP contribution < -0.4 is 10.1 Å². The number of hydrogen-bond acceptors (Lipinski definition) is 2. The first-order chi connectivity index (χ1) is 10.3. The summed E-state index contributed by atoms with van der Waals surface area (Å²) in [5.74, 6) is 0.828. The van der Waals surface area contributed by atoms with Crippen LogP contribution in [-0.2, 0) is 0 Å².